The van der Waals surface area contributed by atoms with Crippen molar-refractivity contribution in [1.29, 1.82) is 0 Å². The lowest BCUT2D eigenvalue weighted by Crippen LogP contribution is -2.14. The van der Waals surface area contributed by atoms with Crippen LogP contribution in [-0.2, 0) is 9.53 Å². The maximum Gasteiger partial charge on any atom is 0.293 e. The summed E-state index contributed by atoms with van der Waals surface area (Å²) < 4.78 is 5.16. The average Bonchev–Trinajstić information content (AvgIpc) is 2.35. The minimum atomic E-state index is 0.156. The molecule has 102 valence electrons. The Hall–Kier alpha value is -0.530. The summed E-state index contributed by atoms with van der Waals surface area (Å²) in [5, 5.41) is 0. The molecule has 0 N–H and O–H groups in total. The first-order chi connectivity index (χ1) is 8.28. The first-order valence-electron chi connectivity index (χ1n) is 7.37. The predicted octanol–water partition coefficient (Wildman–Crippen LogP) is 4.71. The van der Waals surface area contributed by atoms with Crippen LogP contribution in [0, 0.1) is 5.92 Å². The topological polar surface area (TPSA) is 26.3 Å². The van der Waals surface area contributed by atoms with E-state index in [0.717, 1.165) is 25.2 Å². The quantitative estimate of drug-likeness (QED) is 0.463. The van der Waals surface area contributed by atoms with Crippen LogP contribution in [0.3, 0.4) is 0 Å². The van der Waals surface area contributed by atoms with Crippen LogP contribution in [0.5, 0.6) is 0 Å². The molecular weight excluding hydrogens is 212 g/mol. The Kier molecular flexibility index (Phi) is 11.6. The van der Waals surface area contributed by atoms with Crippen LogP contribution < -0.4 is 0 Å². The second-order valence-electron chi connectivity index (χ2n) is 4.99. The Morgan fingerprint density at radius 1 is 0.941 bits per heavy atom. The third-order valence-electron chi connectivity index (χ3n) is 3.57. The van der Waals surface area contributed by atoms with Gasteiger partial charge >= 0.3 is 0 Å². The van der Waals surface area contributed by atoms with Crippen LogP contribution in [0.2, 0.25) is 0 Å². The number of rotatable bonds is 12. The van der Waals surface area contributed by atoms with Gasteiger partial charge in [0.05, 0.1) is 0 Å². The summed E-state index contributed by atoms with van der Waals surface area (Å²) in [6, 6.07) is 0. The molecule has 17 heavy (non-hydrogen) atoms. The van der Waals surface area contributed by atoms with E-state index in [9.17, 15) is 4.79 Å². The van der Waals surface area contributed by atoms with Crippen molar-refractivity contribution >= 4 is 6.47 Å². The van der Waals surface area contributed by atoms with Gasteiger partial charge in [-0.1, -0.05) is 59.3 Å². The van der Waals surface area contributed by atoms with Crippen LogP contribution in [-0.4, -0.2) is 12.6 Å². The van der Waals surface area contributed by atoms with Gasteiger partial charge in [-0.25, -0.2) is 0 Å². The van der Waals surface area contributed by atoms with Gasteiger partial charge in [-0.05, 0) is 25.2 Å². The van der Waals surface area contributed by atoms with Gasteiger partial charge in [-0.15, -0.1) is 0 Å². The normalized spacial score (nSPS) is 14.3. The van der Waals surface area contributed by atoms with Crippen molar-refractivity contribution in [2.45, 2.75) is 84.7 Å². The van der Waals surface area contributed by atoms with Crippen molar-refractivity contribution in [1.82, 2.24) is 0 Å². The van der Waals surface area contributed by atoms with E-state index in [0.29, 0.717) is 6.47 Å². The highest BCUT2D eigenvalue weighted by Gasteiger charge is 2.12. The first kappa shape index (κ1) is 16.5. The number of carbonyl (C=O) groups is 1. The largest absolute Gasteiger partial charge is 0.465 e. The molecule has 0 fully saturated rings. The molecule has 0 radical (unpaired) electrons. The van der Waals surface area contributed by atoms with Gasteiger partial charge in [-0.2, -0.15) is 0 Å². The van der Waals surface area contributed by atoms with Crippen LogP contribution in [0.25, 0.3) is 0 Å². The summed E-state index contributed by atoms with van der Waals surface area (Å²) in [5.41, 5.74) is 0. The zero-order valence-corrected chi connectivity index (χ0v) is 11.9. The lowest BCUT2D eigenvalue weighted by molar-refractivity contribution is -0.134. The number of ether oxygens (including phenoxy) is 1. The van der Waals surface area contributed by atoms with Gasteiger partial charge in [0, 0.05) is 0 Å². The van der Waals surface area contributed by atoms with E-state index in [4.69, 9.17) is 4.74 Å². The highest BCUT2D eigenvalue weighted by molar-refractivity contribution is 5.37. The third kappa shape index (κ3) is 9.20. The monoisotopic (exact) mass is 242 g/mol. The summed E-state index contributed by atoms with van der Waals surface area (Å²) in [6.45, 7) is 7.30. The van der Waals surface area contributed by atoms with Crippen LogP contribution in [0.15, 0.2) is 0 Å². The van der Waals surface area contributed by atoms with E-state index in [1.807, 2.05) is 0 Å². The van der Waals surface area contributed by atoms with Crippen molar-refractivity contribution in [2.24, 2.45) is 5.92 Å². The van der Waals surface area contributed by atoms with Crippen molar-refractivity contribution < 1.29 is 9.53 Å². The lowest BCUT2D eigenvalue weighted by atomic mass is 9.92. The fraction of sp³-hybridized carbons (Fsp3) is 0.933. The number of hydrogen-bond acceptors (Lipinski definition) is 2. The predicted molar refractivity (Wildman–Crippen MR) is 73.0 cm³/mol. The minimum absolute atomic E-state index is 0.156. The molecule has 0 aromatic heterocycles. The van der Waals surface area contributed by atoms with Gasteiger partial charge < -0.3 is 4.74 Å². The van der Waals surface area contributed by atoms with Crippen molar-refractivity contribution in [2.75, 3.05) is 0 Å². The summed E-state index contributed by atoms with van der Waals surface area (Å²) in [7, 11) is 0. The molecule has 2 nitrogen and oxygen atoms in total. The molecule has 0 aromatic carbocycles. The summed E-state index contributed by atoms with van der Waals surface area (Å²) in [6.07, 6.45) is 10.9. The molecule has 2 heteroatoms. The number of unbranched alkanes of at least 4 members (excludes halogenated alkanes) is 2. The summed E-state index contributed by atoms with van der Waals surface area (Å²) in [4.78, 5) is 10.4. The maximum atomic E-state index is 10.4. The third-order valence-corrected chi connectivity index (χ3v) is 3.57. The van der Waals surface area contributed by atoms with E-state index < -0.39 is 0 Å². The smallest absolute Gasteiger partial charge is 0.293 e. The average molecular weight is 242 g/mol. The van der Waals surface area contributed by atoms with Gasteiger partial charge in [0.25, 0.3) is 6.47 Å². The molecule has 0 bridgehead atoms. The van der Waals surface area contributed by atoms with Crippen molar-refractivity contribution in [3.05, 3.63) is 0 Å². The molecule has 0 saturated carbocycles. The molecule has 0 aliphatic carbocycles. The van der Waals surface area contributed by atoms with E-state index >= 15 is 0 Å². The molecule has 0 saturated heterocycles. The Balaban J connectivity index is 3.85. The molecule has 0 aliphatic rings. The first-order valence-corrected chi connectivity index (χ1v) is 7.37. The van der Waals surface area contributed by atoms with Crippen LogP contribution >= 0.6 is 0 Å². The van der Waals surface area contributed by atoms with Gasteiger partial charge in [0.2, 0.25) is 0 Å². The summed E-state index contributed by atoms with van der Waals surface area (Å²) in [5.74, 6) is 0.814. The molecule has 0 spiro atoms. The van der Waals surface area contributed by atoms with E-state index in [-0.39, 0.29) is 6.10 Å². The number of carbonyl (C=O) groups excluding carboxylic acids is 1. The van der Waals surface area contributed by atoms with Gasteiger partial charge in [-0.3, -0.25) is 4.79 Å². The fourth-order valence-electron chi connectivity index (χ4n) is 2.26. The highest BCUT2D eigenvalue weighted by Crippen LogP contribution is 2.21. The van der Waals surface area contributed by atoms with Crippen molar-refractivity contribution in [3.63, 3.8) is 0 Å². The van der Waals surface area contributed by atoms with E-state index in [2.05, 4.69) is 20.8 Å². The van der Waals surface area contributed by atoms with Crippen LogP contribution in [0.4, 0.5) is 0 Å². The van der Waals surface area contributed by atoms with Gasteiger partial charge in [0.1, 0.15) is 6.10 Å². The minimum Gasteiger partial charge on any atom is -0.465 e. The Morgan fingerprint density at radius 2 is 1.59 bits per heavy atom. The summed E-state index contributed by atoms with van der Waals surface area (Å²) >= 11 is 0. The van der Waals surface area contributed by atoms with Crippen LogP contribution in [0.1, 0.15) is 78.6 Å². The maximum absolute atomic E-state index is 10.4. The Morgan fingerprint density at radius 3 is 2.12 bits per heavy atom. The zero-order valence-electron chi connectivity index (χ0n) is 11.9. The molecular formula is C15H30O2. The lowest BCUT2D eigenvalue weighted by Gasteiger charge is -2.19. The highest BCUT2D eigenvalue weighted by atomic mass is 16.5. The van der Waals surface area contributed by atoms with E-state index in [1.165, 1.54) is 38.5 Å². The molecule has 0 rings (SSSR count). The second-order valence-corrected chi connectivity index (χ2v) is 4.99. The Labute approximate surface area is 107 Å². The fourth-order valence-corrected chi connectivity index (χ4v) is 2.26. The van der Waals surface area contributed by atoms with Crippen molar-refractivity contribution in [3.8, 4) is 0 Å². The molecule has 2 unspecified atom stereocenters. The molecule has 0 aromatic rings. The van der Waals surface area contributed by atoms with Gasteiger partial charge in [0.15, 0.2) is 0 Å². The Bertz CT molecular complexity index is 168. The zero-order chi connectivity index (χ0) is 12.9. The standard InChI is InChI=1S/C15H30O2/c1-4-7-9-14(6-3)11-12-15(17-13-16)10-8-5-2/h13-15H,4-12H2,1-3H3. The second kappa shape index (κ2) is 11.9. The van der Waals surface area contributed by atoms with E-state index in [1.54, 1.807) is 0 Å². The SMILES string of the molecule is CCCCC(CC)CCC(CCCC)OC=O. The number of hydrogen-bond donors (Lipinski definition) is 0. The molecule has 2 atom stereocenters. The molecule has 0 heterocycles. The molecule has 0 amide bonds. The molecule has 0 aliphatic heterocycles.